The highest BCUT2D eigenvalue weighted by Crippen LogP contribution is 2.04. The first-order chi connectivity index (χ1) is 9.41. The van der Waals surface area contributed by atoms with Gasteiger partial charge in [-0.1, -0.05) is 12.8 Å². The maximum absolute atomic E-state index is 5.49. The average molecular weight is 294 g/mol. The van der Waals surface area contributed by atoms with E-state index in [9.17, 15) is 0 Å². The van der Waals surface area contributed by atoms with Crippen LogP contribution in [0.15, 0.2) is 0 Å². The first-order valence-electron chi connectivity index (χ1n) is 7.13. The minimum Gasteiger partial charge on any atom is -0.382 e. The van der Waals surface area contributed by atoms with Crippen LogP contribution >= 0.6 is 11.8 Å². The number of ether oxygens (including phenoxy) is 4. The summed E-state index contributed by atoms with van der Waals surface area (Å²) in [5.41, 5.74) is 0. The fraction of sp³-hybridized carbons (Fsp3) is 1.00. The molecule has 0 radical (unpaired) electrons. The van der Waals surface area contributed by atoms with E-state index in [2.05, 4.69) is 6.26 Å². The zero-order chi connectivity index (χ0) is 14.0. The fourth-order valence-electron chi connectivity index (χ4n) is 1.49. The zero-order valence-electron chi connectivity index (χ0n) is 12.5. The number of hydrogen-bond donors (Lipinski definition) is 0. The first-order valence-corrected chi connectivity index (χ1v) is 8.52. The third-order valence-electron chi connectivity index (χ3n) is 2.56. The summed E-state index contributed by atoms with van der Waals surface area (Å²) in [5, 5.41) is 0. The normalized spacial score (nSPS) is 11.1. The number of hydrogen-bond acceptors (Lipinski definition) is 5. The highest BCUT2D eigenvalue weighted by Gasteiger charge is 1.93. The summed E-state index contributed by atoms with van der Waals surface area (Å²) in [6.45, 7) is 4.71. The lowest BCUT2D eigenvalue weighted by Gasteiger charge is -2.06. The van der Waals surface area contributed by atoms with Crippen molar-refractivity contribution in [2.24, 2.45) is 0 Å². The quantitative estimate of drug-likeness (QED) is 0.409. The minimum absolute atomic E-state index is 0.624. The molecular formula is C14H30O4S. The third kappa shape index (κ3) is 18.2. The lowest BCUT2D eigenvalue weighted by molar-refractivity contribution is 0.00324. The van der Waals surface area contributed by atoms with Crippen LogP contribution in [0.2, 0.25) is 0 Å². The Morgan fingerprint density at radius 1 is 0.632 bits per heavy atom. The molecule has 0 heterocycles. The summed E-state index contributed by atoms with van der Waals surface area (Å²) in [4.78, 5) is 0. The van der Waals surface area contributed by atoms with Gasteiger partial charge in [-0.25, -0.2) is 0 Å². The smallest absolute Gasteiger partial charge is 0.0701 e. The molecule has 0 N–H and O–H groups in total. The van der Waals surface area contributed by atoms with Crippen LogP contribution in [-0.4, -0.2) is 65.4 Å². The maximum Gasteiger partial charge on any atom is 0.0701 e. The van der Waals surface area contributed by atoms with E-state index in [1.807, 2.05) is 11.8 Å². The molecule has 19 heavy (non-hydrogen) atoms. The molecule has 0 unspecified atom stereocenters. The lowest BCUT2D eigenvalue weighted by atomic mass is 10.2. The SMILES string of the molecule is COCCOCCOCCOCCCCCCSC. The topological polar surface area (TPSA) is 36.9 Å². The van der Waals surface area contributed by atoms with E-state index in [1.165, 1.54) is 25.0 Å². The Balaban J connectivity index is 2.88. The lowest BCUT2D eigenvalue weighted by Crippen LogP contribution is -2.11. The fourth-order valence-corrected chi connectivity index (χ4v) is 1.98. The van der Waals surface area contributed by atoms with Crippen molar-refractivity contribution in [3.63, 3.8) is 0 Å². The molecule has 0 aromatic carbocycles. The van der Waals surface area contributed by atoms with Gasteiger partial charge in [-0.3, -0.25) is 0 Å². The molecule has 0 rings (SSSR count). The maximum atomic E-state index is 5.49. The van der Waals surface area contributed by atoms with Crippen LogP contribution in [0.3, 0.4) is 0 Å². The Bertz CT molecular complexity index is 142. The molecule has 5 heteroatoms. The van der Waals surface area contributed by atoms with Gasteiger partial charge < -0.3 is 18.9 Å². The molecule has 0 aromatic heterocycles. The molecule has 0 aliphatic carbocycles. The molecular weight excluding hydrogens is 264 g/mol. The molecule has 0 fully saturated rings. The van der Waals surface area contributed by atoms with Crippen molar-refractivity contribution in [2.45, 2.75) is 25.7 Å². The Morgan fingerprint density at radius 2 is 1.16 bits per heavy atom. The molecule has 0 aliphatic heterocycles. The second-order valence-electron chi connectivity index (χ2n) is 4.24. The minimum atomic E-state index is 0.624. The van der Waals surface area contributed by atoms with E-state index in [0.29, 0.717) is 39.6 Å². The molecule has 4 nitrogen and oxygen atoms in total. The molecule has 0 aliphatic rings. The van der Waals surface area contributed by atoms with Gasteiger partial charge >= 0.3 is 0 Å². The summed E-state index contributed by atoms with van der Waals surface area (Å²) in [6, 6.07) is 0. The van der Waals surface area contributed by atoms with Crippen molar-refractivity contribution in [1.29, 1.82) is 0 Å². The van der Waals surface area contributed by atoms with Crippen molar-refractivity contribution < 1.29 is 18.9 Å². The van der Waals surface area contributed by atoms with Crippen LogP contribution in [0, 0.1) is 0 Å². The third-order valence-corrected chi connectivity index (χ3v) is 3.26. The van der Waals surface area contributed by atoms with Crippen molar-refractivity contribution in [3.05, 3.63) is 0 Å². The van der Waals surface area contributed by atoms with Crippen LogP contribution in [0.4, 0.5) is 0 Å². The molecule has 0 bridgehead atoms. The highest BCUT2D eigenvalue weighted by atomic mass is 32.2. The van der Waals surface area contributed by atoms with E-state index in [4.69, 9.17) is 18.9 Å². The highest BCUT2D eigenvalue weighted by molar-refractivity contribution is 7.98. The van der Waals surface area contributed by atoms with E-state index in [1.54, 1.807) is 7.11 Å². The van der Waals surface area contributed by atoms with Gasteiger partial charge in [-0.05, 0) is 24.9 Å². The molecule has 0 aromatic rings. The van der Waals surface area contributed by atoms with Crippen molar-refractivity contribution in [3.8, 4) is 0 Å². The van der Waals surface area contributed by atoms with Crippen LogP contribution in [0.25, 0.3) is 0 Å². The Hall–Kier alpha value is 0.190. The Labute approximate surface area is 122 Å². The number of rotatable bonds is 16. The summed E-state index contributed by atoms with van der Waals surface area (Å²) >= 11 is 1.92. The Morgan fingerprint density at radius 3 is 1.74 bits per heavy atom. The largest absolute Gasteiger partial charge is 0.382 e. The van der Waals surface area contributed by atoms with Gasteiger partial charge in [0.25, 0.3) is 0 Å². The summed E-state index contributed by atoms with van der Waals surface area (Å²) < 4.78 is 21.0. The average Bonchev–Trinajstić information content (AvgIpc) is 2.43. The summed E-state index contributed by atoms with van der Waals surface area (Å²) in [6.07, 6.45) is 7.24. The van der Waals surface area contributed by atoms with Crippen molar-refractivity contribution >= 4 is 11.8 Å². The number of unbranched alkanes of at least 4 members (excludes halogenated alkanes) is 3. The second kappa shape index (κ2) is 18.2. The standard InChI is InChI=1S/C14H30O4S/c1-15-8-9-17-12-13-18-11-10-16-7-5-3-4-6-14-19-2/h3-14H2,1-2H3. The monoisotopic (exact) mass is 294 g/mol. The van der Waals surface area contributed by atoms with Gasteiger partial charge in [-0.15, -0.1) is 0 Å². The molecule has 0 spiro atoms. The van der Waals surface area contributed by atoms with Gasteiger partial charge in [0.1, 0.15) is 0 Å². The van der Waals surface area contributed by atoms with Crippen LogP contribution in [-0.2, 0) is 18.9 Å². The molecule has 0 saturated carbocycles. The predicted octanol–water partition coefficient (Wildman–Crippen LogP) is 2.61. The molecule has 0 saturated heterocycles. The van der Waals surface area contributed by atoms with Crippen LogP contribution in [0.5, 0.6) is 0 Å². The Kier molecular flexibility index (Phi) is 18.4. The summed E-state index contributed by atoms with van der Waals surface area (Å²) in [5.74, 6) is 1.28. The van der Waals surface area contributed by atoms with E-state index < -0.39 is 0 Å². The predicted molar refractivity (Wildman–Crippen MR) is 81.2 cm³/mol. The second-order valence-corrected chi connectivity index (χ2v) is 5.22. The van der Waals surface area contributed by atoms with Crippen molar-refractivity contribution in [2.75, 3.05) is 65.4 Å². The zero-order valence-corrected chi connectivity index (χ0v) is 13.3. The van der Waals surface area contributed by atoms with Gasteiger partial charge in [0, 0.05) is 13.7 Å². The van der Waals surface area contributed by atoms with Gasteiger partial charge in [0.2, 0.25) is 0 Å². The summed E-state index contributed by atoms with van der Waals surface area (Å²) in [7, 11) is 1.67. The van der Waals surface area contributed by atoms with Crippen LogP contribution in [0.1, 0.15) is 25.7 Å². The number of thioether (sulfide) groups is 1. The van der Waals surface area contributed by atoms with E-state index in [-0.39, 0.29) is 0 Å². The molecule has 0 amide bonds. The van der Waals surface area contributed by atoms with Gasteiger partial charge in [0.15, 0.2) is 0 Å². The molecule has 0 atom stereocenters. The first kappa shape index (κ1) is 19.2. The van der Waals surface area contributed by atoms with Gasteiger partial charge in [-0.2, -0.15) is 11.8 Å². The van der Waals surface area contributed by atoms with Crippen molar-refractivity contribution in [1.82, 2.24) is 0 Å². The molecule has 116 valence electrons. The van der Waals surface area contributed by atoms with Gasteiger partial charge in [0.05, 0.1) is 39.6 Å². The number of methoxy groups -OCH3 is 1. The van der Waals surface area contributed by atoms with E-state index in [0.717, 1.165) is 13.0 Å². The van der Waals surface area contributed by atoms with Crippen LogP contribution < -0.4 is 0 Å². The van der Waals surface area contributed by atoms with E-state index >= 15 is 0 Å².